The topological polar surface area (TPSA) is 29.9 Å². The summed E-state index contributed by atoms with van der Waals surface area (Å²) >= 11 is 0. The standard InChI is InChI=1S/C18H23N3/c1-2-4-16-11-17(7-6-15(16)3-1)20-12-14-5-8-18-19-9-10-21(18)13-14/h1-4,9-10,14,17,20H,5-8,11-13H2/t14-,17-/m0/s1. The Bertz CT molecular complexity index is 616. The summed E-state index contributed by atoms with van der Waals surface area (Å²) in [6.45, 7) is 2.27. The van der Waals surface area contributed by atoms with Gasteiger partial charge in [0.2, 0.25) is 0 Å². The first kappa shape index (κ1) is 13.1. The highest BCUT2D eigenvalue weighted by Crippen LogP contribution is 2.22. The smallest absolute Gasteiger partial charge is 0.108 e. The van der Waals surface area contributed by atoms with Crippen molar-refractivity contribution in [3.63, 3.8) is 0 Å². The van der Waals surface area contributed by atoms with Gasteiger partial charge in [-0.1, -0.05) is 24.3 Å². The van der Waals surface area contributed by atoms with E-state index in [1.807, 2.05) is 6.20 Å². The predicted molar refractivity (Wildman–Crippen MR) is 84.3 cm³/mol. The van der Waals surface area contributed by atoms with Crippen molar-refractivity contribution in [2.75, 3.05) is 6.54 Å². The van der Waals surface area contributed by atoms with Crippen LogP contribution >= 0.6 is 0 Å². The molecule has 0 saturated carbocycles. The van der Waals surface area contributed by atoms with Crippen molar-refractivity contribution in [2.45, 2.75) is 44.7 Å². The molecule has 0 amide bonds. The van der Waals surface area contributed by atoms with E-state index in [0.29, 0.717) is 6.04 Å². The second-order valence-corrected chi connectivity index (χ2v) is 6.52. The lowest BCUT2D eigenvalue weighted by molar-refractivity contribution is 0.322. The molecule has 1 N–H and O–H groups in total. The van der Waals surface area contributed by atoms with Crippen LogP contribution in [0.2, 0.25) is 0 Å². The van der Waals surface area contributed by atoms with Crippen LogP contribution in [0.1, 0.15) is 29.8 Å². The number of rotatable bonds is 3. The van der Waals surface area contributed by atoms with Gasteiger partial charge in [0.25, 0.3) is 0 Å². The molecule has 1 aliphatic carbocycles. The molecule has 1 aliphatic heterocycles. The fraction of sp³-hybridized carbons (Fsp3) is 0.500. The van der Waals surface area contributed by atoms with Crippen LogP contribution in [0.15, 0.2) is 36.7 Å². The van der Waals surface area contributed by atoms with Gasteiger partial charge in [0.05, 0.1) is 0 Å². The van der Waals surface area contributed by atoms with Crippen LogP contribution in [0.3, 0.4) is 0 Å². The lowest BCUT2D eigenvalue weighted by Gasteiger charge is -2.29. The third-order valence-corrected chi connectivity index (χ3v) is 5.07. The van der Waals surface area contributed by atoms with E-state index in [-0.39, 0.29) is 0 Å². The zero-order chi connectivity index (χ0) is 14.1. The molecule has 3 nitrogen and oxygen atoms in total. The molecule has 0 spiro atoms. The Hall–Kier alpha value is -1.61. The minimum Gasteiger partial charge on any atom is -0.335 e. The molecule has 2 aliphatic rings. The minimum atomic E-state index is 0.657. The van der Waals surface area contributed by atoms with E-state index >= 15 is 0 Å². The van der Waals surface area contributed by atoms with Crippen molar-refractivity contribution >= 4 is 0 Å². The normalized spacial score (nSPS) is 24.4. The molecule has 0 saturated heterocycles. The molecule has 3 heteroatoms. The Morgan fingerprint density at radius 3 is 3.00 bits per heavy atom. The first-order valence-electron chi connectivity index (χ1n) is 8.18. The van der Waals surface area contributed by atoms with Crippen molar-refractivity contribution in [3.05, 3.63) is 53.6 Å². The van der Waals surface area contributed by atoms with E-state index in [1.165, 1.54) is 31.5 Å². The number of nitrogens with zero attached hydrogens (tertiary/aromatic N) is 2. The van der Waals surface area contributed by atoms with Gasteiger partial charge in [-0.3, -0.25) is 0 Å². The number of hydrogen-bond acceptors (Lipinski definition) is 2. The Labute approximate surface area is 126 Å². The summed E-state index contributed by atoms with van der Waals surface area (Å²) in [7, 11) is 0. The van der Waals surface area contributed by atoms with E-state index in [4.69, 9.17) is 0 Å². The van der Waals surface area contributed by atoms with Gasteiger partial charge in [-0.05, 0) is 49.3 Å². The molecule has 0 unspecified atom stereocenters. The van der Waals surface area contributed by atoms with E-state index in [2.05, 4.69) is 45.3 Å². The van der Waals surface area contributed by atoms with Crippen LogP contribution in [-0.2, 0) is 25.8 Å². The van der Waals surface area contributed by atoms with Crippen LogP contribution in [0, 0.1) is 5.92 Å². The molecule has 2 aromatic rings. The first-order chi connectivity index (χ1) is 10.4. The van der Waals surface area contributed by atoms with E-state index in [9.17, 15) is 0 Å². The van der Waals surface area contributed by atoms with Crippen LogP contribution < -0.4 is 5.32 Å². The monoisotopic (exact) mass is 281 g/mol. The van der Waals surface area contributed by atoms with Gasteiger partial charge in [-0.15, -0.1) is 0 Å². The van der Waals surface area contributed by atoms with Crippen LogP contribution in [0.5, 0.6) is 0 Å². The van der Waals surface area contributed by atoms with Gasteiger partial charge in [0.15, 0.2) is 0 Å². The van der Waals surface area contributed by atoms with Crippen molar-refractivity contribution in [1.29, 1.82) is 0 Å². The van der Waals surface area contributed by atoms with Gasteiger partial charge in [0.1, 0.15) is 5.82 Å². The van der Waals surface area contributed by atoms with Crippen molar-refractivity contribution < 1.29 is 0 Å². The number of aryl methyl sites for hydroxylation is 2. The largest absolute Gasteiger partial charge is 0.335 e. The fourth-order valence-electron chi connectivity index (χ4n) is 3.81. The lowest BCUT2D eigenvalue weighted by atomic mass is 9.88. The number of fused-ring (bicyclic) bond motifs is 2. The van der Waals surface area contributed by atoms with Crippen LogP contribution in [0.4, 0.5) is 0 Å². The molecule has 2 atom stereocenters. The van der Waals surface area contributed by atoms with Gasteiger partial charge >= 0.3 is 0 Å². The number of benzene rings is 1. The molecule has 4 rings (SSSR count). The molecule has 0 fully saturated rings. The average Bonchev–Trinajstić information content (AvgIpc) is 3.00. The molecule has 110 valence electrons. The van der Waals surface area contributed by atoms with E-state index in [0.717, 1.165) is 25.4 Å². The zero-order valence-electron chi connectivity index (χ0n) is 12.5. The molecule has 0 bridgehead atoms. The molecule has 1 aromatic carbocycles. The van der Waals surface area contributed by atoms with E-state index in [1.54, 1.807) is 11.1 Å². The average molecular weight is 281 g/mol. The highest BCUT2D eigenvalue weighted by Gasteiger charge is 2.22. The van der Waals surface area contributed by atoms with Crippen molar-refractivity contribution in [2.24, 2.45) is 5.92 Å². The highest BCUT2D eigenvalue weighted by atomic mass is 15.1. The van der Waals surface area contributed by atoms with Crippen LogP contribution in [0.25, 0.3) is 0 Å². The SMILES string of the molecule is c1ccc2c(c1)CC[C@H](NC[C@@H]1CCc3nccn3C1)C2. The molecular weight excluding hydrogens is 258 g/mol. The summed E-state index contributed by atoms with van der Waals surface area (Å²) in [5, 5.41) is 3.82. The van der Waals surface area contributed by atoms with Crippen LogP contribution in [-0.4, -0.2) is 22.1 Å². The summed E-state index contributed by atoms with van der Waals surface area (Å²) in [5.74, 6) is 2.02. The Balaban J connectivity index is 1.32. The fourth-order valence-corrected chi connectivity index (χ4v) is 3.81. The number of imidazole rings is 1. The van der Waals surface area contributed by atoms with Gasteiger partial charge < -0.3 is 9.88 Å². The number of hydrogen-bond donors (Lipinski definition) is 1. The van der Waals surface area contributed by atoms with Gasteiger partial charge in [-0.2, -0.15) is 0 Å². The molecule has 21 heavy (non-hydrogen) atoms. The third kappa shape index (κ3) is 2.75. The zero-order valence-corrected chi connectivity index (χ0v) is 12.5. The Morgan fingerprint density at radius 1 is 1.14 bits per heavy atom. The number of nitrogens with one attached hydrogen (secondary N) is 1. The Morgan fingerprint density at radius 2 is 2.05 bits per heavy atom. The summed E-state index contributed by atoms with van der Waals surface area (Å²) in [5.41, 5.74) is 3.10. The maximum atomic E-state index is 4.41. The third-order valence-electron chi connectivity index (χ3n) is 5.07. The molecule has 1 aromatic heterocycles. The minimum absolute atomic E-state index is 0.657. The van der Waals surface area contributed by atoms with E-state index < -0.39 is 0 Å². The molecular formula is C18H23N3. The lowest BCUT2D eigenvalue weighted by Crippen LogP contribution is -2.39. The van der Waals surface area contributed by atoms with Gasteiger partial charge in [-0.25, -0.2) is 4.98 Å². The summed E-state index contributed by atoms with van der Waals surface area (Å²) in [6, 6.07) is 9.57. The summed E-state index contributed by atoms with van der Waals surface area (Å²) < 4.78 is 2.33. The van der Waals surface area contributed by atoms with Crippen molar-refractivity contribution in [3.8, 4) is 0 Å². The molecule has 0 radical (unpaired) electrons. The Kier molecular flexibility index (Phi) is 3.52. The highest BCUT2D eigenvalue weighted by molar-refractivity contribution is 5.30. The predicted octanol–water partition coefficient (Wildman–Crippen LogP) is 2.59. The van der Waals surface area contributed by atoms with Gasteiger partial charge in [0, 0.05) is 31.4 Å². The first-order valence-corrected chi connectivity index (χ1v) is 8.18. The maximum Gasteiger partial charge on any atom is 0.108 e. The van der Waals surface area contributed by atoms with Crippen molar-refractivity contribution in [1.82, 2.24) is 14.9 Å². The maximum absolute atomic E-state index is 4.41. The summed E-state index contributed by atoms with van der Waals surface area (Å²) in [4.78, 5) is 4.41. The quantitative estimate of drug-likeness (QED) is 0.937. The second-order valence-electron chi connectivity index (χ2n) is 6.52. The second kappa shape index (κ2) is 5.64. The molecule has 2 heterocycles. The summed E-state index contributed by atoms with van der Waals surface area (Å²) in [6.07, 6.45) is 10.2. The number of aromatic nitrogens is 2.